The standard InChI is InChI=1S/C21H22N4OS/c1-21(2,26)9-7-16-5-6-17(27-16)13-25-11-8-18-19(24-14-23-18)20(25)15-4-3-10-22-12-15/h3-6,10,12,14,20,26H,8,11,13H2,1-2H3,(H,23,24)/t20-/m0/s1. The number of pyridine rings is 1. The van der Waals surface area contributed by atoms with Crippen molar-refractivity contribution in [3.63, 3.8) is 0 Å². The van der Waals surface area contributed by atoms with E-state index in [1.165, 1.54) is 10.6 Å². The molecular weight excluding hydrogens is 356 g/mol. The third-order valence-corrected chi connectivity index (χ3v) is 5.52. The summed E-state index contributed by atoms with van der Waals surface area (Å²) in [6.45, 7) is 5.18. The molecule has 1 aliphatic heterocycles. The molecule has 138 valence electrons. The van der Waals surface area contributed by atoms with Crippen molar-refractivity contribution in [1.82, 2.24) is 19.9 Å². The topological polar surface area (TPSA) is 65.0 Å². The largest absolute Gasteiger partial charge is 0.378 e. The van der Waals surface area contributed by atoms with Gasteiger partial charge in [0.15, 0.2) is 0 Å². The second-order valence-corrected chi connectivity index (χ2v) is 8.42. The normalized spacial score (nSPS) is 17.2. The number of nitrogens with zero attached hydrogens (tertiary/aromatic N) is 3. The maximum Gasteiger partial charge on any atom is 0.120 e. The molecule has 0 fully saturated rings. The molecule has 0 aliphatic carbocycles. The van der Waals surface area contributed by atoms with Crippen LogP contribution in [0.2, 0.25) is 0 Å². The molecule has 0 aromatic carbocycles. The van der Waals surface area contributed by atoms with Gasteiger partial charge in [0.05, 0.1) is 22.9 Å². The minimum atomic E-state index is -0.973. The maximum absolute atomic E-state index is 9.79. The first kappa shape index (κ1) is 17.9. The zero-order chi connectivity index (χ0) is 18.9. The highest BCUT2D eigenvalue weighted by atomic mass is 32.1. The number of H-pyrrole nitrogens is 1. The molecule has 0 saturated heterocycles. The molecule has 2 N–H and O–H groups in total. The van der Waals surface area contributed by atoms with Crippen molar-refractivity contribution in [2.75, 3.05) is 6.54 Å². The van der Waals surface area contributed by atoms with Crippen LogP contribution in [0.4, 0.5) is 0 Å². The summed E-state index contributed by atoms with van der Waals surface area (Å²) in [5, 5.41) is 9.79. The number of aromatic amines is 1. The fourth-order valence-corrected chi connectivity index (χ4v) is 4.23. The lowest BCUT2D eigenvalue weighted by Crippen LogP contribution is -2.35. The quantitative estimate of drug-likeness (QED) is 0.687. The molecule has 27 heavy (non-hydrogen) atoms. The molecule has 1 atom stereocenters. The van der Waals surface area contributed by atoms with Crippen molar-refractivity contribution in [3.05, 3.63) is 69.7 Å². The molecule has 0 unspecified atom stereocenters. The van der Waals surface area contributed by atoms with Crippen LogP contribution in [0, 0.1) is 11.8 Å². The molecule has 1 aliphatic rings. The van der Waals surface area contributed by atoms with E-state index in [0.29, 0.717) is 0 Å². The first-order chi connectivity index (χ1) is 13.0. The Morgan fingerprint density at radius 3 is 3.04 bits per heavy atom. The predicted octanol–water partition coefficient (Wildman–Crippen LogP) is 3.14. The second-order valence-electron chi connectivity index (χ2n) is 7.25. The van der Waals surface area contributed by atoms with Gasteiger partial charge >= 0.3 is 0 Å². The summed E-state index contributed by atoms with van der Waals surface area (Å²) in [7, 11) is 0. The van der Waals surface area contributed by atoms with Crippen LogP contribution in [0.5, 0.6) is 0 Å². The van der Waals surface area contributed by atoms with E-state index < -0.39 is 5.60 Å². The molecular formula is C21H22N4OS. The SMILES string of the molecule is CC(C)(O)C#Cc1ccc(CN2CCc3[nH]cnc3[C@@H]2c2cccnc2)s1. The summed E-state index contributed by atoms with van der Waals surface area (Å²) in [5.74, 6) is 5.95. The average molecular weight is 379 g/mol. The third-order valence-electron chi connectivity index (χ3n) is 4.54. The van der Waals surface area contributed by atoms with E-state index in [0.717, 1.165) is 35.6 Å². The minimum absolute atomic E-state index is 0.0988. The number of hydrogen-bond donors (Lipinski definition) is 2. The van der Waals surface area contributed by atoms with Gasteiger partial charge in [-0.1, -0.05) is 17.9 Å². The van der Waals surface area contributed by atoms with E-state index in [9.17, 15) is 5.11 Å². The van der Waals surface area contributed by atoms with Gasteiger partial charge in [-0.25, -0.2) is 4.98 Å². The van der Waals surface area contributed by atoms with Gasteiger partial charge in [-0.05, 0) is 37.6 Å². The van der Waals surface area contributed by atoms with E-state index >= 15 is 0 Å². The Bertz CT molecular complexity index is 975. The summed E-state index contributed by atoms with van der Waals surface area (Å²) in [6.07, 6.45) is 6.47. The second kappa shape index (κ2) is 7.28. The van der Waals surface area contributed by atoms with Crippen molar-refractivity contribution in [2.45, 2.75) is 38.5 Å². The maximum atomic E-state index is 9.79. The van der Waals surface area contributed by atoms with Crippen LogP contribution in [0.15, 0.2) is 43.0 Å². The summed E-state index contributed by atoms with van der Waals surface area (Å²) in [5.41, 5.74) is 2.48. The Hall–Kier alpha value is -2.46. The summed E-state index contributed by atoms with van der Waals surface area (Å²) in [6, 6.07) is 8.34. The summed E-state index contributed by atoms with van der Waals surface area (Å²) < 4.78 is 0. The van der Waals surface area contributed by atoms with Gasteiger partial charge in [-0.2, -0.15) is 0 Å². The molecule has 3 aromatic heterocycles. The van der Waals surface area contributed by atoms with E-state index in [1.54, 1.807) is 37.7 Å². The van der Waals surface area contributed by atoms with Crippen molar-refractivity contribution in [1.29, 1.82) is 0 Å². The van der Waals surface area contributed by atoms with E-state index in [2.05, 4.69) is 43.8 Å². The number of fused-ring (bicyclic) bond motifs is 1. The Kier molecular flexibility index (Phi) is 4.83. The highest BCUT2D eigenvalue weighted by Gasteiger charge is 2.31. The van der Waals surface area contributed by atoms with Gasteiger partial charge in [0.1, 0.15) is 5.60 Å². The predicted molar refractivity (Wildman–Crippen MR) is 106 cm³/mol. The van der Waals surface area contributed by atoms with E-state index in [4.69, 9.17) is 0 Å². The Morgan fingerprint density at radius 2 is 2.26 bits per heavy atom. The molecule has 0 spiro atoms. The number of nitrogens with one attached hydrogen (secondary N) is 1. The highest BCUT2D eigenvalue weighted by molar-refractivity contribution is 7.12. The summed E-state index contributed by atoms with van der Waals surface area (Å²) >= 11 is 1.68. The van der Waals surface area contributed by atoms with Crippen LogP contribution >= 0.6 is 11.3 Å². The number of aromatic nitrogens is 3. The van der Waals surface area contributed by atoms with E-state index in [1.807, 2.05) is 18.3 Å². The van der Waals surface area contributed by atoms with Gasteiger partial charge in [0.2, 0.25) is 0 Å². The molecule has 4 heterocycles. The molecule has 0 amide bonds. The van der Waals surface area contributed by atoms with Gasteiger partial charge in [0, 0.05) is 42.5 Å². The fourth-order valence-electron chi connectivity index (χ4n) is 3.35. The summed E-state index contributed by atoms with van der Waals surface area (Å²) in [4.78, 5) is 16.9. The van der Waals surface area contributed by atoms with Gasteiger partial charge in [-0.15, -0.1) is 11.3 Å². The third kappa shape index (κ3) is 4.11. The fraction of sp³-hybridized carbons (Fsp3) is 0.333. The van der Waals surface area contributed by atoms with Crippen LogP contribution < -0.4 is 0 Å². The molecule has 4 rings (SSSR count). The Balaban J connectivity index is 1.59. The van der Waals surface area contributed by atoms with Crippen LogP contribution in [-0.2, 0) is 13.0 Å². The Labute approximate surface area is 163 Å². The monoisotopic (exact) mass is 378 g/mol. The van der Waals surface area contributed by atoms with E-state index in [-0.39, 0.29) is 6.04 Å². The number of thiophene rings is 1. The first-order valence-corrected chi connectivity index (χ1v) is 9.82. The number of aliphatic hydroxyl groups is 1. The van der Waals surface area contributed by atoms with Crippen molar-refractivity contribution in [2.24, 2.45) is 0 Å². The lowest BCUT2D eigenvalue weighted by Gasteiger charge is -2.34. The number of hydrogen-bond acceptors (Lipinski definition) is 5. The number of rotatable bonds is 3. The zero-order valence-electron chi connectivity index (χ0n) is 15.4. The van der Waals surface area contributed by atoms with Gasteiger partial charge < -0.3 is 10.1 Å². The van der Waals surface area contributed by atoms with Gasteiger partial charge in [-0.3, -0.25) is 9.88 Å². The molecule has 5 nitrogen and oxygen atoms in total. The molecule has 0 radical (unpaired) electrons. The molecule has 0 bridgehead atoms. The van der Waals surface area contributed by atoms with Crippen LogP contribution in [0.1, 0.15) is 46.6 Å². The van der Waals surface area contributed by atoms with Crippen LogP contribution in [0.25, 0.3) is 0 Å². The Morgan fingerprint density at radius 1 is 1.37 bits per heavy atom. The van der Waals surface area contributed by atoms with Crippen LogP contribution in [0.3, 0.4) is 0 Å². The van der Waals surface area contributed by atoms with Crippen molar-refractivity contribution >= 4 is 11.3 Å². The first-order valence-electron chi connectivity index (χ1n) is 9.00. The minimum Gasteiger partial charge on any atom is -0.378 e. The molecule has 3 aromatic rings. The van der Waals surface area contributed by atoms with Crippen molar-refractivity contribution in [3.8, 4) is 11.8 Å². The lowest BCUT2D eigenvalue weighted by atomic mass is 9.97. The average Bonchev–Trinajstić information content (AvgIpc) is 3.29. The lowest BCUT2D eigenvalue weighted by molar-refractivity contribution is 0.143. The molecule has 0 saturated carbocycles. The van der Waals surface area contributed by atoms with Crippen LogP contribution in [-0.4, -0.2) is 37.1 Å². The molecule has 6 heteroatoms. The highest BCUT2D eigenvalue weighted by Crippen LogP contribution is 2.34. The zero-order valence-corrected chi connectivity index (χ0v) is 16.3. The van der Waals surface area contributed by atoms with Gasteiger partial charge in [0.25, 0.3) is 0 Å². The smallest absolute Gasteiger partial charge is 0.120 e. The number of imidazole rings is 1. The van der Waals surface area contributed by atoms with Crippen molar-refractivity contribution < 1.29 is 5.11 Å².